The molecule has 0 spiro atoms. The molecule has 1 aliphatic carbocycles. The molecule has 1 aliphatic rings. The Hall–Kier alpha value is -0.610. The number of amides is 1. The van der Waals surface area contributed by atoms with Crippen molar-refractivity contribution in [1.29, 1.82) is 0 Å². The van der Waals surface area contributed by atoms with Gasteiger partial charge >= 0.3 is 0 Å². The molecule has 4 heteroatoms. The van der Waals surface area contributed by atoms with Crippen LogP contribution in [0.25, 0.3) is 0 Å². The molecule has 1 rings (SSSR count). The number of carbonyl (C=O) groups is 1. The highest BCUT2D eigenvalue weighted by molar-refractivity contribution is 5.76. The predicted molar refractivity (Wildman–Crippen MR) is 68.9 cm³/mol. The minimum Gasteiger partial charge on any atom is -0.381 e. The van der Waals surface area contributed by atoms with Gasteiger partial charge in [0.15, 0.2) is 0 Å². The van der Waals surface area contributed by atoms with Crippen LogP contribution in [0, 0.1) is 5.41 Å². The summed E-state index contributed by atoms with van der Waals surface area (Å²) in [4.78, 5) is 11.4. The van der Waals surface area contributed by atoms with Crippen LogP contribution in [0.15, 0.2) is 0 Å². The van der Waals surface area contributed by atoms with E-state index in [0.29, 0.717) is 18.6 Å². The van der Waals surface area contributed by atoms with E-state index in [2.05, 4.69) is 24.5 Å². The monoisotopic (exact) mass is 242 g/mol. The lowest BCUT2D eigenvalue weighted by Gasteiger charge is -2.51. The Labute approximate surface area is 104 Å². The SMILES string of the molecule is COC1CC(NCCC(=O)NC(C)C)C1(C)C. The molecule has 2 unspecified atom stereocenters. The first kappa shape index (κ1) is 14.5. The molecule has 17 heavy (non-hydrogen) atoms. The van der Waals surface area contributed by atoms with Gasteiger partial charge in [-0.3, -0.25) is 4.79 Å². The average Bonchev–Trinajstić information content (AvgIpc) is 2.21. The largest absolute Gasteiger partial charge is 0.381 e. The maximum absolute atomic E-state index is 11.4. The summed E-state index contributed by atoms with van der Waals surface area (Å²) >= 11 is 0. The molecule has 2 N–H and O–H groups in total. The van der Waals surface area contributed by atoms with E-state index >= 15 is 0 Å². The first-order valence-corrected chi connectivity index (χ1v) is 6.43. The van der Waals surface area contributed by atoms with E-state index < -0.39 is 0 Å². The van der Waals surface area contributed by atoms with Crippen LogP contribution in [-0.4, -0.2) is 37.7 Å². The van der Waals surface area contributed by atoms with Crippen LogP contribution in [-0.2, 0) is 9.53 Å². The van der Waals surface area contributed by atoms with Crippen LogP contribution in [0.1, 0.15) is 40.5 Å². The van der Waals surface area contributed by atoms with Crippen LogP contribution >= 0.6 is 0 Å². The molecule has 0 aromatic rings. The van der Waals surface area contributed by atoms with E-state index in [1.807, 2.05) is 13.8 Å². The van der Waals surface area contributed by atoms with E-state index in [0.717, 1.165) is 13.0 Å². The molecule has 100 valence electrons. The van der Waals surface area contributed by atoms with Crippen molar-refractivity contribution in [3.8, 4) is 0 Å². The summed E-state index contributed by atoms with van der Waals surface area (Å²) in [5.74, 6) is 0.118. The van der Waals surface area contributed by atoms with Crippen molar-refractivity contribution in [3.63, 3.8) is 0 Å². The van der Waals surface area contributed by atoms with Crippen LogP contribution in [0.2, 0.25) is 0 Å². The summed E-state index contributed by atoms with van der Waals surface area (Å²) in [6, 6.07) is 0.680. The third-order valence-corrected chi connectivity index (χ3v) is 3.65. The molecule has 0 radical (unpaired) electrons. The first-order chi connectivity index (χ1) is 7.87. The maximum atomic E-state index is 11.4. The first-order valence-electron chi connectivity index (χ1n) is 6.43. The van der Waals surface area contributed by atoms with Gasteiger partial charge in [0, 0.05) is 37.6 Å². The minimum absolute atomic E-state index is 0.118. The standard InChI is InChI=1S/C13H26N2O2/c1-9(2)15-12(16)6-7-14-10-8-11(17-5)13(10,3)4/h9-11,14H,6-8H2,1-5H3,(H,15,16). The molecule has 0 aromatic carbocycles. The molecule has 1 fully saturated rings. The van der Waals surface area contributed by atoms with Gasteiger partial charge in [0.25, 0.3) is 0 Å². The van der Waals surface area contributed by atoms with Crippen molar-refractivity contribution in [2.45, 2.75) is 58.7 Å². The quantitative estimate of drug-likeness (QED) is 0.738. The third kappa shape index (κ3) is 3.68. The molecule has 1 amide bonds. The lowest BCUT2D eigenvalue weighted by atomic mass is 9.64. The van der Waals surface area contributed by atoms with E-state index in [4.69, 9.17) is 4.74 Å². The summed E-state index contributed by atoms with van der Waals surface area (Å²) < 4.78 is 5.39. The van der Waals surface area contributed by atoms with E-state index in [1.165, 1.54) is 0 Å². The topological polar surface area (TPSA) is 50.4 Å². The molecule has 2 atom stereocenters. The van der Waals surface area contributed by atoms with Crippen molar-refractivity contribution in [1.82, 2.24) is 10.6 Å². The lowest BCUT2D eigenvalue weighted by Crippen LogP contribution is -2.60. The summed E-state index contributed by atoms with van der Waals surface area (Å²) in [6.45, 7) is 9.10. The van der Waals surface area contributed by atoms with Gasteiger partial charge in [-0.1, -0.05) is 13.8 Å². The maximum Gasteiger partial charge on any atom is 0.221 e. The van der Waals surface area contributed by atoms with E-state index in [-0.39, 0.29) is 17.4 Å². The molecule has 0 bridgehead atoms. The van der Waals surface area contributed by atoms with Gasteiger partial charge in [0.1, 0.15) is 0 Å². The van der Waals surface area contributed by atoms with Gasteiger partial charge < -0.3 is 15.4 Å². The minimum atomic E-state index is 0.118. The molecule has 0 saturated heterocycles. The molecule has 1 saturated carbocycles. The Morgan fingerprint density at radius 3 is 2.59 bits per heavy atom. The van der Waals surface area contributed by atoms with Gasteiger partial charge in [0.2, 0.25) is 5.91 Å². The summed E-state index contributed by atoms with van der Waals surface area (Å²) in [7, 11) is 1.76. The van der Waals surface area contributed by atoms with Gasteiger partial charge in [-0.25, -0.2) is 0 Å². The Morgan fingerprint density at radius 2 is 2.12 bits per heavy atom. The highest BCUT2D eigenvalue weighted by Crippen LogP contribution is 2.42. The zero-order valence-electron chi connectivity index (χ0n) is 11.7. The lowest BCUT2D eigenvalue weighted by molar-refractivity contribution is -0.122. The van der Waals surface area contributed by atoms with Crippen molar-refractivity contribution in [2.24, 2.45) is 5.41 Å². The number of methoxy groups -OCH3 is 1. The molecule has 0 heterocycles. The summed E-state index contributed by atoms with van der Waals surface area (Å²) in [5, 5.41) is 6.33. The Kier molecular flexibility index (Phi) is 4.95. The fraction of sp³-hybridized carbons (Fsp3) is 0.923. The van der Waals surface area contributed by atoms with Crippen LogP contribution in [0.4, 0.5) is 0 Å². The number of rotatable bonds is 6. The van der Waals surface area contributed by atoms with Gasteiger partial charge in [-0.05, 0) is 20.3 Å². The number of hydrogen-bond acceptors (Lipinski definition) is 3. The van der Waals surface area contributed by atoms with Crippen molar-refractivity contribution >= 4 is 5.91 Å². The predicted octanol–water partition coefficient (Wildman–Crippen LogP) is 1.30. The normalized spacial score (nSPS) is 26.7. The second-order valence-electron chi connectivity index (χ2n) is 5.76. The highest BCUT2D eigenvalue weighted by Gasteiger charge is 2.48. The van der Waals surface area contributed by atoms with Crippen molar-refractivity contribution in [3.05, 3.63) is 0 Å². The van der Waals surface area contributed by atoms with Crippen LogP contribution in [0.3, 0.4) is 0 Å². The zero-order chi connectivity index (χ0) is 13.1. The number of ether oxygens (including phenoxy) is 1. The molecule has 0 aliphatic heterocycles. The van der Waals surface area contributed by atoms with Crippen LogP contribution in [0.5, 0.6) is 0 Å². The zero-order valence-corrected chi connectivity index (χ0v) is 11.7. The Morgan fingerprint density at radius 1 is 1.47 bits per heavy atom. The van der Waals surface area contributed by atoms with E-state index in [1.54, 1.807) is 7.11 Å². The Balaban J connectivity index is 2.19. The summed E-state index contributed by atoms with van der Waals surface area (Å²) in [5.41, 5.74) is 0.170. The molecule has 0 aromatic heterocycles. The van der Waals surface area contributed by atoms with Crippen molar-refractivity contribution < 1.29 is 9.53 Å². The fourth-order valence-electron chi connectivity index (χ4n) is 2.39. The van der Waals surface area contributed by atoms with Crippen LogP contribution < -0.4 is 10.6 Å². The van der Waals surface area contributed by atoms with Crippen molar-refractivity contribution in [2.75, 3.05) is 13.7 Å². The summed E-state index contributed by atoms with van der Waals surface area (Å²) in [6.07, 6.45) is 1.92. The number of carbonyl (C=O) groups excluding carboxylic acids is 1. The van der Waals surface area contributed by atoms with Gasteiger partial charge in [-0.2, -0.15) is 0 Å². The molecule has 4 nitrogen and oxygen atoms in total. The Bertz CT molecular complexity index is 264. The number of hydrogen-bond donors (Lipinski definition) is 2. The molecular weight excluding hydrogens is 216 g/mol. The smallest absolute Gasteiger partial charge is 0.221 e. The van der Waals surface area contributed by atoms with Gasteiger partial charge in [-0.15, -0.1) is 0 Å². The third-order valence-electron chi connectivity index (χ3n) is 3.65. The average molecular weight is 242 g/mol. The molecular formula is C13H26N2O2. The number of nitrogens with one attached hydrogen (secondary N) is 2. The van der Waals surface area contributed by atoms with Gasteiger partial charge in [0.05, 0.1) is 6.10 Å². The second-order valence-corrected chi connectivity index (χ2v) is 5.76. The van der Waals surface area contributed by atoms with E-state index in [9.17, 15) is 4.79 Å². The fourth-order valence-corrected chi connectivity index (χ4v) is 2.39. The second kappa shape index (κ2) is 5.83. The highest BCUT2D eigenvalue weighted by atomic mass is 16.5.